The summed E-state index contributed by atoms with van der Waals surface area (Å²) in [6.45, 7) is -0.107. The minimum absolute atomic E-state index is 0.00942. The Bertz CT molecular complexity index is 791. The van der Waals surface area contributed by atoms with Crippen molar-refractivity contribution in [3.05, 3.63) is 70.8 Å². The molecule has 1 aliphatic rings. The fraction of sp³-hybridized carbons (Fsp3) is 0.111. The Morgan fingerprint density at radius 1 is 0.958 bits per heavy atom. The molecule has 0 aliphatic carbocycles. The lowest BCUT2D eigenvalue weighted by Gasteiger charge is -2.13. The van der Waals surface area contributed by atoms with Gasteiger partial charge in [0.05, 0.1) is 23.2 Å². The van der Waals surface area contributed by atoms with E-state index in [0.717, 1.165) is 4.90 Å². The predicted octanol–water partition coefficient (Wildman–Crippen LogP) is 1.95. The van der Waals surface area contributed by atoms with Gasteiger partial charge in [0.1, 0.15) is 12.9 Å². The first-order valence-corrected chi connectivity index (χ1v) is 7.29. The maximum absolute atomic E-state index is 12.2. The largest absolute Gasteiger partial charge is 0.460 e. The van der Waals surface area contributed by atoms with Gasteiger partial charge in [0.25, 0.3) is 11.8 Å². The highest BCUT2D eigenvalue weighted by molar-refractivity contribution is 6.21. The SMILES string of the molecule is O=Cc1ccc(C(=O)OCCN2C(=O)c3ccccc3C2=O)cc1. The number of amides is 2. The number of esters is 1. The Labute approximate surface area is 137 Å². The van der Waals surface area contributed by atoms with E-state index in [1.54, 1.807) is 24.3 Å². The average molecular weight is 323 g/mol. The summed E-state index contributed by atoms with van der Waals surface area (Å²) in [6.07, 6.45) is 0.678. The number of carbonyl (C=O) groups is 4. The van der Waals surface area contributed by atoms with Crippen molar-refractivity contribution < 1.29 is 23.9 Å². The van der Waals surface area contributed by atoms with Gasteiger partial charge in [0.15, 0.2) is 0 Å². The summed E-state index contributed by atoms with van der Waals surface area (Å²) in [6, 6.07) is 12.5. The van der Waals surface area contributed by atoms with Crippen LogP contribution in [0.1, 0.15) is 41.4 Å². The van der Waals surface area contributed by atoms with E-state index in [1.807, 2.05) is 0 Å². The van der Waals surface area contributed by atoms with Crippen LogP contribution in [0.25, 0.3) is 0 Å². The third-order valence-electron chi connectivity index (χ3n) is 3.71. The van der Waals surface area contributed by atoms with Gasteiger partial charge < -0.3 is 4.74 Å². The van der Waals surface area contributed by atoms with E-state index in [0.29, 0.717) is 28.5 Å². The molecular weight excluding hydrogens is 310 g/mol. The van der Waals surface area contributed by atoms with Crippen molar-refractivity contribution in [2.75, 3.05) is 13.2 Å². The molecule has 1 aliphatic heterocycles. The van der Waals surface area contributed by atoms with E-state index in [-0.39, 0.29) is 25.0 Å². The number of carbonyl (C=O) groups excluding carboxylic acids is 4. The first kappa shape index (κ1) is 15.6. The Morgan fingerprint density at radius 3 is 2.08 bits per heavy atom. The normalized spacial score (nSPS) is 12.9. The second kappa shape index (κ2) is 6.45. The van der Waals surface area contributed by atoms with E-state index >= 15 is 0 Å². The van der Waals surface area contributed by atoms with E-state index in [9.17, 15) is 19.2 Å². The molecular formula is C18H13NO5. The Morgan fingerprint density at radius 2 is 1.54 bits per heavy atom. The Hall–Kier alpha value is -3.28. The lowest BCUT2D eigenvalue weighted by molar-refractivity contribution is 0.0420. The number of hydrogen-bond acceptors (Lipinski definition) is 5. The second-order valence-corrected chi connectivity index (χ2v) is 5.18. The zero-order chi connectivity index (χ0) is 17.1. The van der Waals surface area contributed by atoms with Crippen LogP contribution in [0.2, 0.25) is 0 Å². The molecule has 120 valence electrons. The zero-order valence-electron chi connectivity index (χ0n) is 12.6. The van der Waals surface area contributed by atoms with E-state index in [4.69, 9.17) is 4.74 Å². The van der Waals surface area contributed by atoms with Crippen molar-refractivity contribution in [1.82, 2.24) is 4.90 Å². The lowest BCUT2D eigenvalue weighted by Crippen LogP contribution is -2.33. The molecule has 0 bridgehead atoms. The summed E-state index contributed by atoms with van der Waals surface area (Å²) in [4.78, 5) is 47.8. The van der Waals surface area contributed by atoms with Gasteiger partial charge in [0, 0.05) is 5.56 Å². The third kappa shape index (κ3) is 2.81. The van der Waals surface area contributed by atoms with E-state index in [1.165, 1.54) is 24.3 Å². The molecule has 2 aromatic rings. The Kier molecular flexibility index (Phi) is 4.20. The van der Waals surface area contributed by atoms with Gasteiger partial charge in [-0.2, -0.15) is 0 Å². The maximum atomic E-state index is 12.2. The molecule has 6 heteroatoms. The van der Waals surface area contributed by atoms with E-state index in [2.05, 4.69) is 0 Å². The van der Waals surface area contributed by atoms with Crippen LogP contribution in [0.3, 0.4) is 0 Å². The van der Waals surface area contributed by atoms with E-state index < -0.39 is 5.97 Å². The molecule has 0 saturated heterocycles. The van der Waals surface area contributed by atoms with Crippen LogP contribution in [0.4, 0.5) is 0 Å². The van der Waals surface area contributed by atoms with Crippen LogP contribution in [-0.4, -0.2) is 42.1 Å². The molecule has 0 radical (unpaired) electrons. The molecule has 3 rings (SSSR count). The molecule has 0 N–H and O–H groups in total. The van der Waals surface area contributed by atoms with Crippen molar-refractivity contribution in [2.24, 2.45) is 0 Å². The van der Waals surface area contributed by atoms with Gasteiger partial charge in [-0.25, -0.2) is 4.79 Å². The molecule has 0 unspecified atom stereocenters. The average Bonchev–Trinajstić information content (AvgIpc) is 2.87. The monoisotopic (exact) mass is 323 g/mol. The van der Waals surface area contributed by atoms with Gasteiger partial charge in [-0.3, -0.25) is 19.3 Å². The highest BCUT2D eigenvalue weighted by Crippen LogP contribution is 2.21. The lowest BCUT2D eigenvalue weighted by atomic mass is 10.1. The molecule has 0 spiro atoms. The van der Waals surface area contributed by atoms with Crippen LogP contribution in [0.15, 0.2) is 48.5 Å². The maximum Gasteiger partial charge on any atom is 0.338 e. The van der Waals surface area contributed by atoms with Gasteiger partial charge in [-0.15, -0.1) is 0 Å². The van der Waals surface area contributed by atoms with Crippen LogP contribution in [0.5, 0.6) is 0 Å². The highest BCUT2D eigenvalue weighted by atomic mass is 16.5. The topological polar surface area (TPSA) is 80.8 Å². The summed E-state index contributed by atoms with van der Waals surface area (Å²) in [5.41, 5.74) is 1.47. The number of aldehydes is 1. The van der Waals surface area contributed by atoms with Crippen molar-refractivity contribution in [3.8, 4) is 0 Å². The minimum atomic E-state index is -0.580. The smallest absolute Gasteiger partial charge is 0.338 e. The second-order valence-electron chi connectivity index (χ2n) is 5.18. The summed E-state index contributed by atoms with van der Waals surface area (Å²) in [5, 5.41) is 0. The molecule has 6 nitrogen and oxygen atoms in total. The van der Waals surface area contributed by atoms with Gasteiger partial charge >= 0.3 is 5.97 Å². The summed E-state index contributed by atoms with van der Waals surface area (Å²) in [5.74, 6) is -1.35. The first-order valence-electron chi connectivity index (χ1n) is 7.29. The van der Waals surface area contributed by atoms with Crippen molar-refractivity contribution in [2.45, 2.75) is 0 Å². The number of hydrogen-bond donors (Lipinski definition) is 0. The molecule has 1 heterocycles. The Balaban J connectivity index is 1.59. The number of ether oxygens (including phenoxy) is 1. The number of fused-ring (bicyclic) bond motifs is 1. The quantitative estimate of drug-likeness (QED) is 0.477. The molecule has 0 atom stereocenters. The summed E-state index contributed by atoms with van der Waals surface area (Å²) < 4.78 is 5.09. The van der Waals surface area contributed by atoms with Crippen molar-refractivity contribution in [3.63, 3.8) is 0 Å². The molecule has 0 fully saturated rings. The van der Waals surface area contributed by atoms with Crippen molar-refractivity contribution >= 4 is 24.1 Å². The first-order chi connectivity index (χ1) is 11.6. The summed E-state index contributed by atoms with van der Waals surface area (Å²) >= 11 is 0. The van der Waals surface area contributed by atoms with Gasteiger partial charge in [-0.05, 0) is 24.3 Å². The molecule has 0 saturated carbocycles. The number of imide groups is 1. The molecule has 2 aromatic carbocycles. The van der Waals surface area contributed by atoms with Crippen LogP contribution < -0.4 is 0 Å². The fourth-order valence-electron chi connectivity index (χ4n) is 2.45. The minimum Gasteiger partial charge on any atom is -0.460 e. The number of nitrogens with zero attached hydrogens (tertiary/aromatic N) is 1. The highest BCUT2D eigenvalue weighted by Gasteiger charge is 2.34. The molecule has 24 heavy (non-hydrogen) atoms. The van der Waals surface area contributed by atoms with Crippen LogP contribution >= 0.6 is 0 Å². The number of benzene rings is 2. The number of rotatable bonds is 5. The van der Waals surface area contributed by atoms with Gasteiger partial charge in [-0.1, -0.05) is 24.3 Å². The van der Waals surface area contributed by atoms with Crippen molar-refractivity contribution in [1.29, 1.82) is 0 Å². The summed E-state index contributed by atoms with van der Waals surface area (Å²) in [7, 11) is 0. The standard InChI is InChI=1S/C18H13NO5/c20-11-12-5-7-13(8-6-12)18(23)24-10-9-19-16(21)14-3-1-2-4-15(14)17(19)22/h1-8,11H,9-10H2. The fourth-order valence-corrected chi connectivity index (χ4v) is 2.45. The van der Waals surface area contributed by atoms with Gasteiger partial charge in [0.2, 0.25) is 0 Å². The van der Waals surface area contributed by atoms with Crippen LogP contribution in [0, 0.1) is 0 Å². The molecule has 2 amide bonds. The third-order valence-corrected chi connectivity index (χ3v) is 3.71. The van der Waals surface area contributed by atoms with Crippen LogP contribution in [-0.2, 0) is 4.74 Å². The zero-order valence-corrected chi connectivity index (χ0v) is 12.6. The predicted molar refractivity (Wildman–Crippen MR) is 83.9 cm³/mol. The molecule has 0 aromatic heterocycles.